The summed E-state index contributed by atoms with van der Waals surface area (Å²) in [4.78, 5) is 22.0. The van der Waals surface area contributed by atoms with Gasteiger partial charge in [0.05, 0.1) is 6.42 Å². The van der Waals surface area contributed by atoms with Crippen molar-refractivity contribution in [3.63, 3.8) is 0 Å². The Kier molecular flexibility index (Phi) is 3.16. The van der Waals surface area contributed by atoms with Crippen LogP contribution < -0.4 is 11.3 Å². The van der Waals surface area contributed by atoms with E-state index in [2.05, 4.69) is 0 Å². The minimum atomic E-state index is -0.478. The molecule has 0 heterocycles. The fourth-order valence-electron chi connectivity index (χ4n) is 0.923. The number of carbonyl (C=O) groups excluding carboxylic acids is 2. The summed E-state index contributed by atoms with van der Waals surface area (Å²) in [5.74, 6) is 4.14. The van der Waals surface area contributed by atoms with Gasteiger partial charge >= 0.3 is 0 Å². The van der Waals surface area contributed by atoms with Crippen LogP contribution in [0.15, 0.2) is 30.3 Å². The third-order valence-electron chi connectivity index (χ3n) is 1.58. The van der Waals surface area contributed by atoms with Crippen LogP contribution in [0.3, 0.4) is 0 Å². The normalized spacial score (nSPS) is 9.31. The molecule has 1 amide bonds. The van der Waals surface area contributed by atoms with E-state index in [1.807, 2.05) is 5.43 Å². The SMILES string of the molecule is NNC(=O)CC(=O)c1ccccc1. The van der Waals surface area contributed by atoms with Gasteiger partial charge in [0.2, 0.25) is 5.91 Å². The molecule has 0 aliphatic rings. The topological polar surface area (TPSA) is 72.2 Å². The maximum atomic E-state index is 11.3. The standard InChI is InChI=1S/C9H10N2O2/c10-11-9(13)6-8(12)7-4-2-1-3-5-7/h1-5H,6,10H2,(H,11,13). The first-order chi connectivity index (χ1) is 6.24. The number of benzene rings is 1. The Bertz CT molecular complexity index is 309. The van der Waals surface area contributed by atoms with Gasteiger partial charge in [-0.1, -0.05) is 30.3 Å². The molecule has 4 heteroatoms. The Morgan fingerprint density at radius 2 is 1.85 bits per heavy atom. The molecule has 3 N–H and O–H groups in total. The third kappa shape index (κ3) is 2.68. The van der Waals surface area contributed by atoms with E-state index in [9.17, 15) is 9.59 Å². The second-order valence-corrected chi connectivity index (χ2v) is 2.53. The molecule has 13 heavy (non-hydrogen) atoms. The molecule has 0 radical (unpaired) electrons. The minimum absolute atomic E-state index is 0.208. The van der Waals surface area contributed by atoms with Crippen LogP contribution in [0.2, 0.25) is 0 Å². The highest BCUT2D eigenvalue weighted by Gasteiger charge is 2.09. The van der Waals surface area contributed by atoms with Gasteiger partial charge in [-0.05, 0) is 0 Å². The summed E-state index contributed by atoms with van der Waals surface area (Å²) in [5, 5.41) is 0. The number of amides is 1. The molecule has 1 aromatic carbocycles. The molecule has 0 aromatic heterocycles. The molecule has 0 fully saturated rings. The van der Waals surface area contributed by atoms with Crippen LogP contribution in [0.1, 0.15) is 16.8 Å². The zero-order valence-corrected chi connectivity index (χ0v) is 6.99. The first-order valence-electron chi connectivity index (χ1n) is 3.81. The van der Waals surface area contributed by atoms with Gasteiger partial charge in [-0.3, -0.25) is 15.0 Å². The molecule has 0 spiro atoms. The van der Waals surface area contributed by atoms with Crippen LogP contribution in [-0.2, 0) is 4.79 Å². The van der Waals surface area contributed by atoms with Crippen molar-refractivity contribution in [3.05, 3.63) is 35.9 Å². The predicted octanol–water partition coefficient (Wildman–Crippen LogP) is 0.249. The number of ketones is 1. The molecule has 1 rings (SSSR count). The van der Waals surface area contributed by atoms with Gasteiger partial charge < -0.3 is 0 Å². The Hall–Kier alpha value is -1.68. The first-order valence-corrected chi connectivity index (χ1v) is 3.81. The number of nitrogens with one attached hydrogen (secondary N) is 1. The summed E-state index contributed by atoms with van der Waals surface area (Å²) in [6.07, 6.45) is -0.208. The quantitative estimate of drug-likeness (QED) is 0.229. The van der Waals surface area contributed by atoms with E-state index in [4.69, 9.17) is 5.84 Å². The van der Waals surface area contributed by atoms with E-state index in [1.165, 1.54) is 0 Å². The second-order valence-electron chi connectivity index (χ2n) is 2.53. The Balaban J connectivity index is 2.65. The fraction of sp³-hybridized carbons (Fsp3) is 0.111. The van der Waals surface area contributed by atoms with Crippen LogP contribution in [0.5, 0.6) is 0 Å². The van der Waals surface area contributed by atoms with Crippen molar-refractivity contribution in [1.29, 1.82) is 0 Å². The number of hydrogen-bond donors (Lipinski definition) is 2. The van der Waals surface area contributed by atoms with Gasteiger partial charge in [0.25, 0.3) is 0 Å². The monoisotopic (exact) mass is 178 g/mol. The van der Waals surface area contributed by atoms with Crippen molar-refractivity contribution in [2.75, 3.05) is 0 Å². The molecule has 1 aromatic rings. The van der Waals surface area contributed by atoms with Crippen LogP contribution >= 0.6 is 0 Å². The molecule has 0 saturated carbocycles. The number of rotatable bonds is 3. The minimum Gasteiger partial charge on any atom is -0.294 e. The highest BCUT2D eigenvalue weighted by Crippen LogP contribution is 2.02. The number of hydrogen-bond acceptors (Lipinski definition) is 3. The lowest BCUT2D eigenvalue weighted by Crippen LogP contribution is -2.31. The summed E-state index contributed by atoms with van der Waals surface area (Å²) in [6, 6.07) is 8.61. The average Bonchev–Trinajstić information content (AvgIpc) is 2.19. The largest absolute Gasteiger partial charge is 0.294 e. The molecule has 0 saturated heterocycles. The number of nitrogens with two attached hydrogens (primary N) is 1. The Morgan fingerprint density at radius 3 is 2.38 bits per heavy atom. The summed E-state index contributed by atoms with van der Waals surface area (Å²) in [7, 11) is 0. The van der Waals surface area contributed by atoms with Gasteiger partial charge in [-0.2, -0.15) is 0 Å². The lowest BCUT2D eigenvalue weighted by Gasteiger charge is -1.98. The molecule has 0 unspecified atom stereocenters. The Labute approximate surface area is 75.7 Å². The van der Waals surface area contributed by atoms with Gasteiger partial charge in [0.1, 0.15) is 0 Å². The van der Waals surface area contributed by atoms with Crippen LogP contribution in [0.4, 0.5) is 0 Å². The van der Waals surface area contributed by atoms with Crippen LogP contribution in [0, 0.1) is 0 Å². The number of Topliss-reactive ketones (excluding diaryl/α,β-unsaturated/α-hetero) is 1. The molecular weight excluding hydrogens is 168 g/mol. The van der Waals surface area contributed by atoms with Crippen molar-refractivity contribution in [2.24, 2.45) is 5.84 Å². The van der Waals surface area contributed by atoms with E-state index < -0.39 is 5.91 Å². The molecule has 0 bridgehead atoms. The molecule has 0 atom stereocenters. The number of hydrazine groups is 1. The maximum Gasteiger partial charge on any atom is 0.241 e. The Morgan fingerprint density at radius 1 is 1.23 bits per heavy atom. The lowest BCUT2D eigenvalue weighted by atomic mass is 10.1. The van der Waals surface area contributed by atoms with Crippen molar-refractivity contribution in [2.45, 2.75) is 6.42 Å². The van der Waals surface area contributed by atoms with E-state index in [0.717, 1.165) is 0 Å². The summed E-state index contributed by atoms with van der Waals surface area (Å²) in [5.41, 5.74) is 2.43. The zero-order chi connectivity index (χ0) is 9.68. The van der Waals surface area contributed by atoms with Crippen molar-refractivity contribution < 1.29 is 9.59 Å². The van der Waals surface area contributed by atoms with Gasteiger partial charge in [0, 0.05) is 5.56 Å². The highest BCUT2D eigenvalue weighted by atomic mass is 16.2. The van der Waals surface area contributed by atoms with E-state index >= 15 is 0 Å². The number of carbonyl (C=O) groups is 2. The molecular formula is C9H10N2O2. The third-order valence-corrected chi connectivity index (χ3v) is 1.58. The van der Waals surface area contributed by atoms with Gasteiger partial charge in [-0.15, -0.1) is 0 Å². The average molecular weight is 178 g/mol. The fourth-order valence-corrected chi connectivity index (χ4v) is 0.923. The summed E-state index contributed by atoms with van der Waals surface area (Å²) < 4.78 is 0. The van der Waals surface area contributed by atoms with Gasteiger partial charge in [0.15, 0.2) is 5.78 Å². The summed E-state index contributed by atoms with van der Waals surface area (Å²) >= 11 is 0. The molecule has 68 valence electrons. The molecule has 0 aliphatic heterocycles. The van der Waals surface area contributed by atoms with Gasteiger partial charge in [-0.25, -0.2) is 5.84 Å². The van der Waals surface area contributed by atoms with Crippen molar-refractivity contribution in [3.8, 4) is 0 Å². The lowest BCUT2D eigenvalue weighted by molar-refractivity contribution is -0.120. The maximum absolute atomic E-state index is 11.3. The van der Waals surface area contributed by atoms with Crippen LogP contribution in [-0.4, -0.2) is 11.7 Å². The highest BCUT2D eigenvalue weighted by molar-refractivity contribution is 6.07. The van der Waals surface area contributed by atoms with E-state index in [-0.39, 0.29) is 12.2 Å². The molecule has 4 nitrogen and oxygen atoms in total. The predicted molar refractivity (Wildman–Crippen MR) is 47.7 cm³/mol. The van der Waals surface area contributed by atoms with Crippen molar-refractivity contribution >= 4 is 11.7 Å². The molecule has 0 aliphatic carbocycles. The van der Waals surface area contributed by atoms with E-state index in [0.29, 0.717) is 5.56 Å². The summed E-state index contributed by atoms with van der Waals surface area (Å²) in [6.45, 7) is 0. The zero-order valence-electron chi connectivity index (χ0n) is 6.99. The smallest absolute Gasteiger partial charge is 0.241 e. The van der Waals surface area contributed by atoms with Crippen molar-refractivity contribution in [1.82, 2.24) is 5.43 Å². The second kappa shape index (κ2) is 4.37. The first kappa shape index (κ1) is 9.41. The van der Waals surface area contributed by atoms with Crippen LogP contribution in [0.25, 0.3) is 0 Å². The van der Waals surface area contributed by atoms with E-state index in [1.54, 1.807) is 30.3 Å².